The highest BCUT2D eigenvalue weighted by atomic mass is 16.5. The summed E-state index contributed by atoms with van der Waals surface area (Å²) in [5, 5.41) is 5.64. The van der Waals surface area contributed by atoms with Crippen molar-refractivity contribution >= 4 is 23.2 Å². The van der Waals surface area contributed by atoms with E-state index in [0.717, 1.165) is 18.4 Å². The summed E-state index contributed by atoms with van der Waals surface area (Å²) >= 11 is 0. The maximum Gasteiger partial charge on any atom is 0.253 e. The molecular formula is C20H23N3O3. The third-order valence-electron chi connectivity index (χ3n) is 4.29. The van der Waals surface area contributed by atoms with E-state index in [1.165, 1.54) is 0 Å². The van der Waals surface area contributed by atoms with Crippen LogP contribution in [-0.4, -0.2) is 24.5 Å². The number of carbonyl (C=O) groups excluding carboxylic acids is 2. The minimum absolute atomic E-state index is 0.131. The minimum atomic E-state index is -0.367. The molecule has 2 aromatic rings. The Kier molecular flexibility index (Phi) is 5.99. The zero-order valence-electron chi connectivity index (χ0n) is 14.5. The molecule has 2 amide bonds. The number of anilines is 2. The Morgan fingerprint density at radius 2 is 1.69 bits per heavy atom. The lowest BCUT2D eigenvalue weighted by molar-refractivity contribution is -0.124. The van der Waals surface area contributed by atoms with Crippen LogP contribution in [0.1, 0.15) is 30.9 Å². The molecule has 2 atom stereocenters. The molecule has 2 unspecified atom stereocenters. The molecule has 136 valence electrons. The van der Waals surface area contributed by atoms with Gasteiger partial charge in [0.1, 0.15) is 6.10 Å². The zero-order chi connectivity index (χ0) is 18.4. The van der Waals surface area contributed by atoms with Crippen LogP contribution in [-0.2, 0) is 14.3 Å². The molecule has 4 N–H and O–H groups in total. The number of hydrogen-bond acceptors (Lipinski definition) is 4. The van der Waals surface area contributed by atoms with E-state index < -0.39 is 0 Å². The van der Waals surface area contributed by atoms with E-state index >= 15 is 0 Å². The molecule has 0 spiro atoms. The van der Waals surface area contributed by atoms with Crippen molar-refractivity contribution in [2.75, 3.05) is 17.2 Å². The Balaban J connectivity index is 1.50. The number of hydrogen-bond donors (Lipinski definition) is 3. The smallest absolute Gasteiger partial charge is 0.253 e. The largest absolute Gasteiger partial charge is 0.368 e. The van der Waals surface area contributed by atoms with Gasteiger partial charge in [0.05, 0.1) is 0 Å². The van der Waals surface area contributed by atoms with Gasteiger partial charge in [0.25, 0.3) is 5.91 Å². The van der Waals surface area contributed by atoms with E-state index in [1.54, 1.807) is 24.3 Å². The fourth-order valence-electron chi connectivity index (χ4n) is 2.87. The highest BCUT2D eigenvalue weighted by Gasteiger charge is 2.23. The van der Waals surface area contributed by atoms with Crippen molar-refractivity contribution in [3.8, 4) is 0 Å². The first-order chi connectivity index (χ1) is 12.6. The Hall–Kier alpha value is -2.70. The van der Waals surface area contributed by atoms with Crippen LogP contribution in [0.5, 0.6) is 0 Å². The lowest BCUT2D eigenvalue weighted by Gasteiger charge is -2.13. The standard InChI is InChI=1S/C20H23N3O3/c21-17(14-5-2-1-3-6-14)13-19(24)22-15-8-10-16(11-9-15)23-20(25)18-7-4-12-26-18/h1-3,5-6,8-11,17-18H,4,7,12-13,21H2,(H,22,24)(H,23,25). The van der Waals surface area contributed by atoms with Crippen LogP contribution in [0.25, 0.3) is 0 Å². The Morgan fingerprint density at radius 1 is 1.04 bits per heavy atom. The predicted octanol–water partition coefficient (Wildman–Crippen LogP) is 2.83. The van der Waals surface area contributed by atoms with Gasteiger partial charge in [-0.15, -0.1) is 0 Å². The number of benzene rings is 2. The summed E-state index contributed by atoms with van der Waals surface area (Å²) in [4.78, 5) is 24.2. The number of nitrogens with one attached hydrogen (secondary N) is 2. The quantitative estimate of drug-likeness (QED) is 0.744. The third kappa shape index (κ3) is 4.91. The highest BCUT2D eigenvalue weighted by molar-refractivity contribution is 5.95. The lowest BCUT2D eigenvalue weighted by Crippen LogP contribution is -2.26. The number of carbonyl (C=O) groups is 2. The van der Waals surface area contributed by atoms with Crippen molar-refractivity contribution in [2.45, 2.75) is 31.4 Å². The van der Waals surface area contributed by atoms with Crippen LogP contribution in [0.3, 0.4) is 0 Å². The SMILES string of the molecule is NC(CC(=O)Nc1ccc(NC(=O)C2CCCO2)cc1)c1ccccc1. The maximum absolute atomic E-state index is 12.2. The van der Waals surface area contributed by atoms with Crippen molar-refractivity contribution in [3.05, 3.63) is 60.2 Å². The Labute approximate surface area is 152 Å². The molecule has 0 aromatic heterocycles. The molecule has 1 fully saturated rings. The van der Waals surface area contributed by atoms with Crippen LogP contribution in [0.2, 0.25) is 0 Å². The number of amides is 2. The first-order valence-corrected chi connectivity index (χ1v) is 8.75. The average Bonchev–Trinajstić information content (AvgIpc) is 3.19. The summed E-state index contributed by atoms with van der Waals surface area (Å²) in [6.45, 7) is 0.633. The van der Waals surface area contributed by atoms with Gasteiger partial charge in [0.15, 0.2) is 0 Å². The summed E-state index contributed by atoms with van der Waals surface area (Å²) < 4.78 is 5.36. The van der Waals surface area contributed by atoms with Crippen LogP contribution < -0.4 is 16.4 Å². The topological polar surface area (TPSA) is 93.5 Å². The van der Waals surface area contributed by atoms with E-state index in [4.69, 9.17) is 10.5 Å². The summed E-state index contributed by atoms with van der Waals surface area (Å²) in [5.74, 6) is -0.286. The number of ether oxygens (including phenoxy) is 1. The van der Waals surface area contributed by atoms with Crippen molar-refractivity contribution in [1.82, 2.24) is 0 Å². The van der Waals surface area contributed by atoms with Crippen LogP contribution in [0, 0.1) is 0 Å². The number of rotatable bonds is 6. The van der Waals surface area contributed by atoms with Crippen LogP contribution >= 0.6 is 0 Å². The molecule has 2 aromatic carbocycles. The Morgan fingerprint density at radius 3 is 2.31 bits per heavy atom. The van der Waals surface area contributed by atoms with Gasteiger partial charge in [0.2, 0.25) is 5.91 Å². The summed E-state index contributed by atoms with van der Waals surface area (Å²) in [6.07, 6.45) is 1.49. The van der Waals surface area contributed by atoms with E-state index in [2.05, 4.69) is 10.6 Å². The van der Waals surface area contributed by atoms with E-state index in [1.807, 2.05) is 30.3 Å². The monoisotopic (exact) mass is 353 g/mol. The summed E-state index contributed by atoms with van der Waals surface area (Å²) in [5.41, 5.74) is 8.32. The molecule has 1 aliphatic heterocycles. The molecule has 1 heterocycles. The van der Waals surface area contributed by atoms with Crippen molar-refractivity contribution in [2.24, 2.45) is 5.73 Å². The summed E-state index contributed by atoms with van der Waals surface area (Å²) in [7, 11) is 0. The molecule has 0 bridgehead atoms. The summed E-state index contributed by atoms with van der Waals surface area (Å²) in [6, 6.07) is 16.2. The van der Waals surface area contributed by atoms with Gasteiger partial charge in [-0.25, -0.2) is 0 Å². The first-order valence-electron chi connectivity index (χ1n) is 8.75. The second kappa shape index (κ2) is 8.60. The molecule has 6 nitrogen and oxygen atoms in total. The Bertz CT molecular complexity index is 741. The van der Waals surface area contributed by atoms with Gasteiger partial charge in [-0.3, -0.25) is 9.59 Å². The van der Waals surface area contributed by atoms with Crippen molar-refractivity contribution in [3.63, 3.8) is 0 Å². The molecule has 26 heavy (non-hydrogen) atoms. The van der Waals surface area contributed by atoms with E-state index in [0.29, 0.717) is 18.0 Å². The molecular weight excluding hydrogens is 330 g/mol. The second-order valence-electron chi connectivity index (χ2n) is 6.34. The minimum Gasteiger partial charge on any atom is -0.368 e. The fraction of sp³-hybridized carbons (Fsp3) is 0.300. The van der Waals surface area contributed by atoms with Gasteiger partial charge in [-0.05, 0) is 42.7 Å². The zero-order valence-corrected chi connectivity index (χ0v) is 14.5. The van der Waals surface area contributed by atoms with E-state index in [9.17, 15) is 9.59 Å². The lowest BCUT2D eigenvalue weighted by atomic mass is 10.0. The molecule has 3 rings (SSSR count). The highest BCUT2D eigenvalue weighted by Crippen LogP contribution is 2.19. The first kappa shape index (κ1) is 18.1. The predicted molar refractivity (Wildman–Crippen MR) is 101 cm³/mol. The van der Waals surface area contributed by atoms with Gasteiger partial charge in [-0.2, -0.15) is 0 Å². The van der Waals surface area contributed by atoms with E-state index in [-0.39, 0.29) is 30.4 Å². The molecule has 0 radical (unpaired) electrons. The second-order valence-corrected chi connectivity index (χ2v) is 6.34. The molecule has 1 saturated heterocycles. The molecule has 0 aliphatic carbocycles. The van der Waals surface area contributed by atoms with Gasteiger partial charge < -0.3 is 21.1 Å². The molecule has 1 aliphatic rings. The van der Waals surface area contributed by atoms with Gasteiger partial charge >= 0.3 is 0 Å². The van der Waals surface area contributed by atoms with Crippen LogP contribution in [0.15, 0.2) is 54.6 Å². The molecule has 0 saturated carbocycles. The third-order valence-corrected chi connectivity index (χ3v) is 4.29. The average molecular weight is 353 g/mol. The molecule has 6 heteroatoms. The van der Waals surface area contributed by atoms with Gasteiger partial charge in [-0.1, -0.05) is 30.3 Å². The normalized spacial score (nSPS) is 17.5. The van der Waals surface area contributed by atoms with Gasteiger partial charge in [0, 0.05) is 30.4 Å². The number of nitrogens with two attached hydrogens (primary N) is 1. The van der Waals surface area contributed by atoms with Crippen molar-refractivity contribution in [1.29, 1.82) is 0 Å². The maximum atomic E-state index is 12.2. The van der Waals surface area contributed by atoms with Crippen molar-refractivity contribution < 1.29 is 14.3 Å². The van der Waals surface area contributed by atoms with Crippen LogP contribution in [0.4, 0.5) is 11.4 Å². The fourth-order valence-corrected chi connectivity index (χ4v) is 2.87.